The van der Waals surface area contributed by atoms with Crippen molar-refractivity contribution in [1.29, 1.82) is 0 Å². The molecule has 0 bridgehead atoms. The molecule has 0 saturated heterocycles. The molecule has 2 aromatic carbocycles. The van der Waals surface area contributed by atoms with Crippen molar-refractivity contribution in [2.45, 2.75) is 6.92 Å². The molecule has 0 aliphatic heterocycles. The van der Waals surface area contributed by atoms with Gasteiger partial charge in [-0.05, 0) is 19.1 Å². The van der Waals surface area contributed by atoms with E-state index >= 15 is 0 Å². The van der Waals surface area contributed by atoms with Crippen LogP contribution >= 0.6 is 0 Å². The first-order valence-electron chi connectivity index (χ1n) is 5.69. The average molecular weight is 243 g/mol. The first-order chi connectivity index (χ1) is 8.74. The number of nitro benzene ring substituents is 1. The van der Waals surface area contributed by atoms with Gasteiger partial charge < -0.3 is 4.74 Å². The number of nitro groups is 1. The quantitative estimate of drug-likeness (QED) is 0.608. The van der Waals surface area contributed by atoms with Crippen LogP contribution in [0.15, 0.2) is 48.5 Å². The Morgan fingerprint density at radius 1 is 1.06 bits per heavy atom. The van der Waals surface area contributed by atoms with Crippen LogP contribution in [0.1, 0.15) is 6.92 Å². The standard InChI is InChI=1S/C14H13NO3/c1-2-18-14-10-6-4-8-12(14)11-7-3-5-9-13(11)15(16)17/h3-10H,2H2,1H3. The van der Waals surface area contributed by atoms with Crippen LogP contribution < -0.4 is 4.74 Å². The molecule has 92 valence electrons. The summed E-state index contributed by atoms with van der Waals surface area (Å²) >= 11 is 0. The Balaban J connectivity index is 2.58. The Kier molecular flexibility index (Phi) is 3.57. The molecule has 0 aliphatic rings. The minimum absolute atomic E-state index is 0.0876. The lowest BCUT2D eigenvalue weighted by atomic mass is 10.0. The van der Waals surface area contributed by atoms with E-state index in [4.69, 9.17) is 4.74 Å². The second-order valence-corrected chi connectivity index (χ2v) is 3.70. The fourth-order valence-electron chi connectivity index (χ4n) is 1.83. The van der Waals surface area contributed by atoms with Crippen molar-refractivity contribution in [2.75, 3.05) is 6.61 Å². The molecule has 0 aliphatic carbocycles. The smallest absolute Gasteiger partial charge is 0.277 e. The number of ether oxygens (including phenoxy) is 1. The van der Waals surface area contributed by atoms with Gasteiger partial charge in [0.25, 0.3) is 5.69 Å². The summed E-state index contributed by atoms with van der Waals surface area (Å²) < 4.78 is 5.50. The molecule has 2 rings (SSSR count). The molecule has 0 unspecified atom stereocenters. The Morgan fingerprint density at radius 3 is 2.33 bits per heavy atom. The van der Waals surface area contributed by atoms with Gasteiger partial charge in [-0.25, -0.2) is 0 Å². The summed E-state index contributed by atoms with van der Waals surface area (Å²) in [5.41, 5.74) is 1.41. The second kappa shape index (κ2) is 5.31. The molecule has 0 aromatic heterocycles. The highest BCUT2D eigenvalue weighted by atomic mass is 16.6. The lowest BCUT2D eigenvalue weighted by Crippen LogP contribution is -1.96. The fourth-order valence-corrected chi connectivity index (χ4v) is 1.83. The summed E-state index contributed by atoms with van der Waals surface area (Å²) in [5, 5.41) is 11.0. The minimum atomic E-state index is -0.377. The molecule has 0 N–H and O–H groups in total. The van der Waals surface area contributed by atoms with E-state index in [1.54, 1.807) is 18.2 Å². The largest absolute Gasteiger partial charge is 0.493 e. The number of hydrogen-bond acceptors (Lipinski definition) is 3. The van der Waals surface area contributed by atoms with Gasteiger partial charge in [-0.3, -0.25) is 10.1 Å². The summed E-state index contributed by atoms with van der Waals surface area (Å²) in [4.78, 5) is 10.7. The number of hydrogen-bond donors (Lipinski definition) is 0. The van der Waals surface area contributed by atoms with E-state index in [2.05, 4.69) is 0 Å². The molecule has 4 heteroatoms. The average Bonchev–Trinajstić information content (AvgIpc) is 2.40. The zero-order chi connectivity index (χ0) is 13.0. The number of rotatable bonds is 4. The third-order valence-electron chi connectivity index (χ3n) is 2.58. The van der Waals surface area contributed by atoms with E-state index in [0.29, 0.717) is 17.9 Å². The highest BCUT2D eigenvalue weighted by molar-refractivity contribution is 5.78. The first-order valence-corrected chi connectivity index (χ1v) is 5.69. The van der Waals surface area contributed by atoms with Gasteiger partial charge in [0.05, 0.1) is 17.1 Å². The summed E-state index contributed by atoms with van der Waals surface area (Å²) in [6.45, 7) is 2.41. The van der Waals surface area contributed by atoms with Crippen molar-refractivity contribution < 1.29 is 9.66 Å². The first kappa shape index (κ1) is 12.1. The molecule has 0 saturated carbocycles. The van der Waals surface area contributed by atoms with Gasteiger partial charge in [0.15, 0.2) is 0 Å². The number of benzene rings is 2. The Bertz CT molecular complexity index is 566. The Morgan fingerprint density at radius 2 is 1.67 bits per heavy atom. The Labute approximate surface area is 105 Å². The maximum Gasteiger partial charge on any atom is 0.277 e. The molecule has 0 heterocycles. The third-order valence-corrected chi connectivity index (χ3v) is 2.58. The van der Waals surface area contributed by atoms with Crippen molar-refractivity contribution in [1.82, 2.24) is 0 Å². The molecule has 0 amide bonds. The van der Waals surface area contributed by atoms with Crippen LogP contribution in [0.3, 0.4) is 0 Å². The highest BCUT2D eigenvalue weighted by Crippen LogP contribution is 2.35. The van der Waals surface area contributed by atoms with E-state index in [-0.39, 0.29) is 10.6 Å². The van der Waals surface area contributed by atoms with Gasteiger partial charge in [0, 0.05) is 11.6 Å². The molecular formula is C14H13NO3. The summed E-state index contributed by atoms with van der Waals surface area (Å²) in [5.74, 6) is 0.661. The number of para-hydroxylation sites is 2. The van der Waals surface area contributed by atoms with Crippen LogP contribution in [0.5, 0.6) is 5.75 Å². The van der Waals surface area contributed by atoms with E-state index in [1.807, 2.05) is 31.2 Å². The van der Waals surface area contributed by atoms with Gasteiger partial charge in [-0.2, -0.15) is 0 Å². The molecular weight excluding hydrogens is 230 g/mol. The van der Waals surface area contributed by atoms with Crippen molar-refractivity contribution in [3.05, 3.63) is 58.6 Å². The van der Waals surface area contributed by atoms with E-state index in [9.17, 15) is 10.1 Å². The normalized spacial score (nSPS) is 10.1. The van der Waals surface area contributed by atoms with Gasteiger partial charge in [0.2, 0.25) is 0 Å². The number of nitrogens with zero attached hydrogens (tertiary/aromatic N) is 1. The van der Waals surface area contributed by atoms with Gasteiger partial charge in [0.1, 0.15) is 5.75 Å². The molecule has 0 fully saturated rings. The highest BCUT2D eigenvalue weighted by Gasteiger charge is 2.16. The maximum atomic E-state index is 11.0. The van der Waals surface area contributed by atoms with Crippen LogP contribution in [0.2, 0.25) is 0 Å². The molecule has 0 atom stereocenters. The SMILES string of the molecule is CCOc1ccccc1-c1ccccc1[N+](=O)[O-]. The van der Waals surface area contributed by atoms with Gasteiger partial charge in [-0.1, -0.05) is 30.3 Å². The van der Waals surface area contributed by atoms with Crippen LogP contribution in [-0.2, 0) is 0 Å². The summed E-state index contributed by atoms with van der Waals surface area (Å²) in [6.07, 6.45) is 0. The summed E-state index contributed by atoms with van der Waals surface area (Å²) in [7, 11) is 0. The van der Waals surface area contributed by atoms with Crippen LogP contribution in [0, 0.1) is 10.1 Å². The molecule has 2 aromatic rings. The maximum absolute atomic E-state index is 11.0. The zero-order valence-electron chi connectivity index (χ0n) is 10.00. The topological polar surface area (TPSA) is 52.4 Å². The van der Waals surface area contributed by atoms with Crippen LogP contribution in [0.25, 0.3) is 11.1 Å². The van der Waals surface area contributed by atoms with Crippen LogP contribution in [-0.4, -0.2) is 11.5 Å². The molecule has 4 nitrogen and oxygen atoms in total. The lowest BCUT2D eigenvalue weighted by molar-refractivity contribution is -0.384. The minimum Gasteiger partial charge on any atom is -0.493 e. The van der Waals surface area contributed by atoms with Gasteiger partial charge in [-0.15, -0.1) is 0 Å². The van der Waals surface area contributed by atoms with Gasteiger partial charge >= 0.3 is 0 Å². The molecule has 18 heavy (non-hydrogen) atoms. The predicted octanol–water partition coefficient (Wildman–Crippen LogP) is 3.66. The Hall–Kier alpha value is -2.36. The monoisotopic (exact) mass is 243 g/mol. The fraction of sp³-hybridized carbons (Fsp3) is 0.143. The second-order valence-electron chi connectivity index (χ2n) is 3.70. The lowest BCUT2D eigenvalue weighted by Gasteiger charge is -2.10. The van der Waals surface area contributed by atoms with E-state index in [1.165, 1.54) is 6.07 Å². The van der Waals surface area contributed by atoms with Crippen molar-refractivity contribution >= 4 is 5.69 Å². The molecule has 0 spiro atoms. The van der Waals surface area contributed by atoms with Crippen molar-refractivity contribution in [3.8, 4) is 16.9 Å². The zero-order valence-corrected chi connectivity index (χ0v) is 10.00. The van der Waals surface area contributed by atoms with Crippen LogP contribution in [0.4, 0.5) is 5.69 Å². The van der Waals surface area contributed by atoms with Crippen molar-refractivity contribution in [3.63, 3.8) is 0 Å². The predicted molar refractivity (Wildman–Crippen MR) is 69.7 cm³/mol. The molecule has 0 radical (unpaired) electrons. The van der Waals surface area contributed by atoms with E-state index in [0.717, 1.165) is 5.56 Å². The summed E-state index contributed by atoms with van der Waals surface area (Å²) in [6, 6.07) is 14.0. The van der Waals surface area contributed by atoms with E-state index < -0.39 is 0 Å². The third kappa shape index (κ3) is 2.32. The van der Waals surface area contributed by atoms with Crippen molar-refractivity contribution in [2.24, 2.45) is 0 Å².